The molecule has 1 aliphatic rings. The monoisotopic (exact) mass is 380 g/mol. The number of aryl methyl sites for hydroxylation is 1. The Morgan fingerprint density at radius 3 is 2.39 bits per heavy atom. The predicted octanol–water partition coefficient (Wildman–Crippen LogP) is 5.10. The van der Waals surface area contributed by atoms with E-state index in [9.17, 15) is 4.79 Å². The molecule has 0 spiro atoms. The molecule has 3 nitrogen and oxygen atoms in total. The Morgan fingerprint density at radius 1 is 1.00 bits per heavy atom. The van der Waals surface area contributed by atoms with E-state index in [0.717, 1.165) is 35.4 Å². The molecule has 0 bridgehead atoms. The fourth-order valence-electron chi connectivity index (χ4n) is 4.44. The molecule has 2 aromatic carbocycles. The van der Waals surface area contributed by atoms with Crippen LogP contribution in [0.1, 0.15) is 49.3 Å². The number of nitrogens with zero attached hydrogens (tertiary/aromatic N) is 1. The summed E-state index contributed by atoms with van der Waals surface area (Å²) in [4.78, 5) is 13.2. The highest BCUT2D eigenvalue weighted by atomic mass is 16.5. The van der Waals surface area contributed by atoms with Gasteiger partial charge in [-0.15, -0.1) is 0 Å². The van der Waals surface area contributed by atoms with E-state index in [4.69, 9.17) is 4.74 Å². The number of Topliss-reactive ketones (excluding diaryl/α,β-unsaturated/α-hetero) is 1. The molecule has 0 atom stereocenters. The van der Waals surface area contributed by atoms with Crippen LogP contribution in [0.4, 0.5) is 0 Å². The Bertz CT molecular complexity index is 761. The summed E-state index contributed by atoms with van der Waals surface area (Å²) in [5.74, 6) is 1.20. The summed E-state index contributed by atoms with van der Waals surface area (Å²) in [6, 6.07) is 16.8. The van der Waals surface area contributed by atoms with Crippen molar-refractivity contribution in [3.63, 3.8) is 0 Å². The number of carbonyl (C=O) groups excluding carboxylic acids is 1. The third kappa shape index (κ3) is 5.68. The minimum Gasteiger partial charge on any atom is -0.494 e. The third-order valence-corrected chi connectivity index (χ3v) is 5.91. The molecule has 2 aromatic rings. The van der Waals surface area contributed by atoms with Gasteiger partial charge in [0, 0.05) is 12.0 Å². The van der Waals surface area contributed by atoms with Crippen LogP contribution in [0.25, 0.3) is 0 Å². The maximum Gasteiger partial charge on any atom is 0.191 e. The number of quaternary nitrogens is 1. The van der Waals surface area contributed by atoms with Crippen LogP contribution in [0.15, 0.2) is 48.5 Å². The molecule has 1 heterocycles. The molecule has 0 N–H and O–H groups in total. The van der Waals surface area contributed by atoms with E-state index in [1.54, 1.807) is 0 Å². The standard InChI is InChI=1S/C25H34NO2/c1-3-28-25-14-13-21(2)23(18-25)17-24(27)20-26(15-9-4-5-10-16-26)19-22-11-7-6-8-12-22/h6-8,11-14,18H,3-5,9-10,15-17,19-20H2,1-2H3/q+1. The number of likely N-dealkylation sites (tertiary alicyclic amines) is 1. The van der Waals surface area contributed by atoms with E-state index in [1.807, 2.05) is 19.1 Å². The van der Waals surface area contributed by atoms with Crippen molar-refractivity contribution in [1.82, 2.24) is 0 Å². The van der Waals surface area contributed by atoms with Crippen LogP contribution in [0, 0.1) is 6.92 Å². The molecule has 1 aliphatic heterocycles. The van der Waals surface area contributed by atoms with E-state index < -0.39 is 0 Å². The molecule has 3 rings (SSSR count). The van der Waals surface area contributed by atoms with Crippen molar-refractivity contribution >= 4 is 5.78 Å². The van der Waals surface area contributed by atoms with Crippen LogP contribution < -0.4 is 4.74 Å². The second kappa shape index (κ2) is 9.88. The second-order valence-electron chi connectivity index (χ2n) is 8.24. The Balaban J connectivity index is 1.75. The highest BCUT2D eigenvalue weighted by molar-refractivity contribution is 5.82. The van der Waals surface area contributed by atoms with E-state index >= 15 is 0 Å². The van der Waals surface area contributed by atoms with Gasteiger partial charge in [-0.1, -0.05) is 36.4 Å². The van der Waals surface area contributed by atoms with Crippen LogP contribution in [0.5, 0.6) is 5.75 Å². The summed E-state index contributed by atoms with van der Waals surface area (Å²) in [7, 11) is 0. The quantitative estimate of drug-likeness (QED) is 0.596. The largest absolute Gasteiger partial charge is 0.494 e. The number of rotatable bonds is 8. The van der Waals surface area contributed by atoms with Gasteiger partial charge in [0.05, 0.1) is 19.7 Å². The summed E-state index contributed by atoms with van der Waals surface area (Å²) < 4.78 is 6.54. The SMILES string of the molecule is CCOc1ccc(C)c(CC(=O)C[N+]2(Cc3ccccc3)CCCCCC2)c1. The van der Waals surface area contributed by atoms with Crippen LogP contribution in [0.3, 0.4) is 0 Å². The molecule has 0 aliphatic carbocycles. The van der Waals surface area contributed by atoms with Crippen LogP contribution in [-0.4, -0.2) is 36.5 Å². The summed E-state index contributed by atoms with van der Waals surface area (Å²) in [6.07, 6.45) is 5.52. The van der Waals surface area contributed by atoms with Gasteiger partial charge >= 0.3 is 0 Å². The first-order valence-electron chi connectivity index (χ1n) is 10.7. The van der Waals surface area contributed by atoms with Gasteiger partial charge in [-0.05, 0) is 62.8 Å². The number of ether oxygens (including phenoxy) is 1. The fourth-order valence-corrected chi connectivity index (χ4v) is 4.44. The summed E-state index contributed by atoms with van der Waals surface area (Å²) in [5.41, 5.74) is 3.61. The molecule has 1 saturated heterocycles. The third-order valence-electron chi connectivity index (χ3n) is 5.91. The zero-order valence-electron chi connectivity index (χ0n) is 17.5. The van der Waals surface area contributed by atoms with Crippen molar-refractivity contribution in [1.29, 1.82) is 0 Å². The lowest BCUT2D eigenvalue weighted by Crippen LogP contribution is -2.51. The van der Waals surface area contributed by atoms with E-state index in [2.05, 4.69) is 43.3 Å². The first-order valence-corrected chi connectivity index (χ1v) is 10.7. The average Bonchev–Trinajstić information content (AvgIpc) is 2.91. The number of carbonyl (C=O) groups is 1. The van der Waals surface area contributed by atoms with Crippen LogP contribution >= 0.6 is 0 Å². The van der Waals surface area contributed by atoms with Gasteiger partial charge in [-0.2, -0.15) is 0 Å². The highest BCUT2D eigenvalue weighted by Crippen LogP contribution is 2.24. The van der Waals surface area contributed by atoms with Crippen molar-refractivity contribution < 1.29 is 14.0 Å². The molecule has 0 amide bonds. The molecule has 28 heavy (non-hydrogen) atoms. The van der Waals surface area contributed by atoms with Gasteiger partial charge < -0.3 is 9.22 Å². The molecule has 1 fully saturated rings. The maximum absolute atomic E-state index is 13.2. The first-order chi connectivity index (χ1) is 13.6. The highest BCUT2D eigenvalue weighted by Gasteiger charge is 2.31. The molecule has 0 aromatic heterocycles. The van der Waals surface area contributed by atoms with Gasteiger partial charge in [-0.3, -0.25) is 4.79 Å². The zero-order valence-corrected chi connectivity index (χ0v) is 17.5. The molecular formula is C25H34NO2+. The molecule has 0 saturated carbocycles. The lowest BCUT2D eigenvalue weighted by Gasteiger charge is -2.37. The minimum absolute atomic E-state index is 0.342. The topological polar surface area (TPSA) is 26.3 Å². The van der Waals surface area contributed by atoms with E-state index in [0.29, 0.717) is 25.4 Å². The van der Waals surface area contributed by atoms with Gasteiger partial charge in [0.1, 0.15) is 18.8 Å². The minimum atomic E-state index is 0.342. The molecule has 0 radical (unpaired) electrons. The van der Waals surface area contributed by atoms with Gasteiger partial charge in [-0.25, -0.2) is 0 Å². The molecule has 3 heteroatoms. The van der Waals surface area contributed by atoms with Crippen LogP contribution in [-0.2, 0) is 17.8 Å². The van der Waals surface area contributed by atoms with Crippen molar-refractivity contribution in [3.05, 3.63) is 65.2 Å². The summed E-state index contributed by atoms with van der Waals surface area (Å²) >= 11 is 0. The zero-order chi connectivity index (χ0) is 19.8. The smallest absolute Gasteiger partial charge is 0.191 e. The number of ketones is 1. The summed E-state index contributed by atoms with van der Waals surface area (Å²) in [6.45, 7) is 8.53. The average molecular weight is 381 g/mol. The normalized spacial score (nSPS) is 16.4. The lowest BCUT2D eigenvalue weighted by molar-refractivity contribution is -0.932. The number of benzene rings is 2. The molecule has 150 valence electrons. The van der Waals surface area contributed by atoms with Crippen molar-refractivity contribution in [2.75, 3.05) is 26.2 Å². The van der Waals surface area contributed by atoms with E-state index in [-0.39, 0.29) is 0 Å². The lowest BCUT2D eigenvalue weighted by atomic mass is 10.0. The predicted molar refractivity (Wildman–Crippen MR) is 115 cm³/mol. The first kappa shape index (κ1) is 20.6. The summed E-state index contributed by atoms with van der Waals surface area (Å²) in [5, 5.41) is 0. The van der Waals surface area contributed by atoms with Crippen molar-refractivity contribution in [2.24, 2.45) is 0 Å². The Morgan fingerprint density at radius 2 is 1.71 bits per heavy atom. The maximum atomic E-state index is 13.2. The number of hydrogen-bond acceptors (Lipinski definition) is 2. The van der Waals surface area contributed by atoms with Crippen LogP contribution in [0.2, 0.25) is 0 Å². The van der Waals surface area contributed by atoms with E-state index in [1.165, 1.54) is 36.8 Å². The Kier molecular flexibility index (Phi) is 7.27. The molecular weight excluding hydrogens is 346 g/mol. The van der Waals surface area contributed by atoms with Gasteiger partial charge in [0.2, 0.25) is 0 Å². The number of hydrogen-bond donors (Lipinski definition) is 0. The fraction of sp³-hybridized carbons (Fsp3) is 0.480. The second-order valence-corrected chi connectivity index (χ2v) is 8.24. The van der Waals surface area contributed by atoms with Crippen molar-refractivity contribution in [2.45, 2.75) is 52.5 Å². The Labute approximate surface area is 169 Å². The van der Waals surface area contributed by atoms with Gasteiger partial charge in [0.15, 0.2) is 5.78 Å². The van der Waals surface area contributed by atoms with Crippen molar-refractivity contribution in [3.8, 4) is 5.75 Å². The Hall–Kier alpha value is -2.13. The molecule has 0 unspecified atom stereocenters. The van der Waals surface area contributed by atoms with Gasteiger partial charge in [0.25, 0.3) is 0 Å².